The Labute approximate surface area is 82.0 Å². The van der Waals surface area contributed by atoms with Crippen LogP contribution in [0.15, 0.2) is 0 Å². The van der Waals surface area contributed by atoms with Gasteiger partial charge in [0.2, 0.25) is 0 Å². The number of likely N-dealkylation sites (tertiary alicyclic amines) is 1. The molecule has 2 amide bonds. The van der Waals surface area contributed by atoms with Gasteiger partial charge in [-0.05, 0) is 19.8 Å². The molecule has 0 aromatic heterocycles. The highest BCUT2D eigenvalue weighted by atomic mass is 16.3. The topological polar surface area (TPSA) is 95.7 Å². The van der Waals surface area contributed by atoms with E-state index >= 15 is 0 Å². The Bertz CT molecular complexity index is 252. The van der Waals surface area contributed by atoms with Crippen molar-refractivity contribution in [1.82, 2.24) is 10.3 Å². The summed E-state index contributed by atoms with van der Waals surface area (Å²) in [6.45, 7) is 2.31. The van der Waals surface area contributed by atoms with Gasteiger partial charge in [-0.2, -0.15) is 0 Å². The van der Waals surface area contributed by atoms with E-state index in [1.54, 1.807) is 12.3 Å². The van der Waals surface area contributed by atoms with Gasteiger partial charge in [-0.15, -0.1) is 0 Å². The average Bonchev–Trinajstić information content (AvgIpc) is 2.14. The van der Waals surface area contributed by atoms with Gasteiger partial charge in [0.15, 0.2) is 0 Å². The molecule has 0 saturated carbocycles. The molecule has 4 N–H and O–H groups in total. The molecule has 1 atom stereocenters. The minimum absolute atomic E-state index is 0.180. The fraction of sp³-hybridized carbons (Fsp3) is 0.750. The highest BCUT2D eigenvalue weighted by molar-refractivity contribution is 6.34. The minimum atomic E-state index is -0.900. The van der Waals surface area contributed by atoms with Gasteiger partial charge in [-0.25, -0.2) is 5.84 Å². The molecule has 1 saturated heterocycles. The lowest BCUT2D eigenvalue weighted by atomic mass is 9.95. The Hall–Kier alpha value is -1.14. The SMILES string of the molecule is CC1(O)CCCN(C(=O)C(=O)NN)C1. The molecule has 6 heteroatoms. The van der Waals surface area contributed by atoms with Crippen molar-refractivity contribution in [2.75, 3.05) is 13.1 Å². The van der Waals surface area contributed by atoms with Crippen LogP contribution < -0.4 is 11.3 Å². The van der Waals surface area contributed by atoms with Crippen molar-refractivity contribution in [3.8, 4) is 0 Å². The number of piperidine rings is 1. The summed E-state index contributed by atoms with van der Waals surface area (Å²) in [6, 6.07) is 0. The molecule has 1 aliphatic heterocycles. The summed E-state index contributed by atoms with van der Waals surface area (Å²) >= 11 is 0. The van der Waals surface area contributed by atoms with Gasteiger partial charge >= 0.3 is 11.8 Å². The number of nitrogens with two attached hydrogens (primary N) is 1. The van der Waals surface area contributed by atoms with Crippen molar-refractivity contribution in [3.63, 3.8) is 0 Å². The van der Waals surface area contributed by atoms with Crippen LogP contribution in [0.25, 0.3) is 0 Å². The number of hydrazine groups is 1. The van der Waals surface area contributed by atoms with Crippen molar-refractivity contribution < 1.29 is 14.7 Å². The molecule has 0 aromatic carbocycles. The molecule has 14 heavy (non-hydrogen) atoms. The van der Waals surface area contributed by atoms with Gasteiger partial charge in [0, 0.05) is 13.1 Å². The Morgan fingerprint density at radius 2 is 2.21 bits per heavy atom. The fourth-order valence-electron chi connectivity index (χ4n) is 1.60. The Morgan fingerprint density at radius 3 is 2.71 bits per heavy atom. The van der Waals surface area contributed by atoms with Gasteiger partial charge in [-0.3, -0.25) is 15.0 Å². The molecule has 1 aliphatic rings. The predicted octanol–water partition coefficient (Wildman–Crippen LogP) is -1.65. The summed E-state index contributed by atoms with van der Waals surface area (Å²) in [6.07, 6.45) is 1.33. The van der Waals surface area contributed by atoms with E-state index in [9.17, 15) is 14.7 Å². The molecule has 0 aromatic rings. The second-order valence-corrected chi connectivity index (χ2v) is 3.80. The highest BCUT2D eigenvalue weighted by Gasteiger charge is 2.33. The molecule has 6 nitrogen and oxygen atoms in total. The van der Waals surface area contributed by atoms with Crippen LogP contribution in [0.4, 0.5) is 0 Å². The number of aliphatic hydroxyl groups is 1. The molecule has 1 rings (SSSR count). The molecule has 0 aliphatic carbocycles. The fourth-order valence-corrected chi connectivity index (χ4v) is 1.60. The van der Waals surface area contributed by atoms with E-state index in [1.165, 1.54) is 4.90 Å². The molecule has 0 spiro atoms. The zero-order valence-corrected chi connectivity index (χ0v) is 8.12. The van der Waals surface area contributed by atoms with E-state index in [-0.39, 0.29) is 6.54 Å². The summed E-state index contributed by atoms with van der Waals surface area (Å²) in [7, 11) is 0. The van der Waals surface area contributed by atoms with Crippen molar-refractivity contribution in [2.45, 2.75) is 25.4 Å². The van der Waals surface area contributed by atoms with Crippen molar-refractivity contribution >= 4 is 11.8 Å². The van der Waals surface area contributed by atoms with E-state index in [4.69, 9.17) is 5.84 Å². The van der Waals surface area contributed by atoms with E-state index in [0.29, 0.717) is 19.4 Å². The number of β-amino-alcohol motifs (C(OH)–C–C–N with tert-alkyl or cyclic N) is 1. The van der Waals surface area contributed by atoms with E-state index < -0.39 is 17.4 Å². The third kappa shape index (κ3) is 2.43. The zero-order valence-electron chi connectivity index (χ0n) is 8.12. The first-order valence-electron chi connectivity index (χ1n) is 4.48. The number of rotatable bonds is 0. The zero-order chi connectivity index (χ0) is 10.8. The molecule has 1 unspecified atom stereocenters. The first kappa shape index (κ1) is 10.9. The van der Waals surface area contributed by atoms with Crippen LogP contribution in [0, 0.1) is 0 Å². The lowest BCUT2D eigenvalue weighted by molar-refractivity contribution is -0.149. The molecule has 0 radical (unpaired) electrons. The second kappa shape index (κ2) is 3.93. The minimum Gasteiger partial charge on any atom is -0.388 e. The van der Waals surface area contributed by atoms with Crippen LogP contribution in [-0.4, -0.2) is 40.5 Å². The lowest BCUT2D eigenvalue weighted by Gasteiger charge is -2.36. The van der Waals surface area contributed by atoms with Crippen LogP contribution in [0.2, 0.25) is 0 Å². The summed E-state index contributed by atoms with van der Waals surface area (Å²) in [5, 5.41) is 9.69. The second-order valence-electron chi connectivity index (χ2n) is 3.80. The summed E-state index contributed by atoms with van der Waals surface area (Å²) in [5.74, 6) is 3.31. The maximum absolute atomic E-state index is 11.3. The smallest absolute Gasteiger partial charge is 0.323 e. The van der Waals surface area contributed by atoms with Gasteiger partial charge in [0.05, 0.1) is 5.60 Å². The van der Waals surface area contributed by atoms with Crippen molar-refractivity contribution in [3.05, 3.63) is 0 Å². The predicted molar refractivity (Wildman–Crippen MR) is 48.8 cm³/mol. The number of amides is 2. The number of hydrogen-bond donors (Lipinski definition) is 3. The van der Waals surface area contributed by atoms with Gasteiger partial charge in [0.25, 0.3) is 0 Å². The average molecular weight is 201 g/mol. The van der Waals surface area contributed by atoms with E-state index in [0.717, 1.165) is 0 Å². The van der Waals surface area contributed by atoms with Crippen LogP contribution >= 0.6 is 0 Å². The van der Waals surface area contributed by atoms with Crippen LogP contribution in [0.1, 0.15) is 19.8 Å². The summed E-state index contributed by atoms with van der Waals surface area (Å²) < 4.78 is 0. The number of carbonyl (C=O) groups is 2. The van der Waals surface area contributed by atoms with Crippen LogP contribution in [0.5, 0.6) is 0 Å². The molecular formula is C8H15N3O3. The number of nitrogens with zero attached hydrogens (tertiary/aromatic N) is 1. The van der Waals surface area contributed by atoms with Crippen LogP contribution in [-0.2, 0) is 9.59 Å². The molecule has 0 bridgehead atoms. The highest BCUT2D eigenvalue weighted by Crippen LogP contribution is 2.19. The third-order valence-corrected chi connectivity index (χ3v) is 2.29. The normalized spacial score (nSPS) is 27.2. The maximum Gasteiger partial charge on any atom is 0.323 e. The largest absolute Gasteiger partial charge is 0.388 e. The molecule has 80 valence electrons. The van der Waals surface area contributed by atoms with Gasteiger partial charge < -0.3 is 10.0 Å². The monoisotopic (exact) mass is 201 g/mol. The quantitative estimate of drug-likeness (QED) is 0.189. The maximum atomic E-state index is 11.3. The van der Waals surface area contributed by atoms with Crippen molar-refractivity contribution in [1.29, 1.82) is 0 Å². The summed E-state index contributed by atoms with van der Waals surface area (Å²) in [4.78, 5) is 23.6. The number of carbonyl (C=O) groups excluding carboxylic acids is 2. The molecular weight excluding hydrogens is 186 g/mol. The van der Waals surface area contributed by atoms with E-state index in [1.807, 2.05) is 0 Å². The van der Waals surface area contributed by atoms with Crippen molar-refractivity contribution in [2.24, 2.45) is 5.84 Å². The van der Waals surface area contributed by atoms with E-state index in [2.05, 4.69) is 0 Å². The van der Waals surface area contributed by atoms with Crippen LogP contribution in [0.3, 0.4) is 0 Å². The molecule has 1 heterocycles. The number of hydrogen-bond acceptors (Lipinski definition) is 4. The van der Waals surface area contributed by atoms with Gasteiger partial charge in [-0.1, -0.05) is 0 Å². The third-order valence-electron chi connectivity index (χ3n) is 2.29. The Balaban J connectivity index is 2.61. The first-order valence-corrected chi connectivity index (χ1v) is 4.48. The lowest BCUT2D eigenvalue weighted by Crippen LogP contribution is -2.53. The molecule has 1 fully saturated rings. The van der Waals surface area contributed by atoms with Gasteiger partial charge in [0.1, 0.15) is 0 Å². The Morgan fingerprint density at radius 1 is 1.57 bits per heavy atom. The standard InChI is InChI=1S/C8H15N3O3/c1-8(14)3-2-4-11(5-8)7(13)6(12)10-9/h14H,2-5,9H2,1H3,(H,10,12). The number of nitrogens with one attached hydrogen (secondary N) is 1. The Kier molecular flexibility index (Phi) is 3.07. The summed E-state index contributed by atoms with van der Waals surface area (Å²) in [5.41, 5.74) is 0.878. The first-order chi connectivity index (χ1) is 6.46.